The minimum atomic E-state index is -0.479. The molecule has 3 aromatic rings. The van der Waals surface area contributed by atoms with Gasteiger partial charge in [-0.2, -0.15) is 5.10 Å². The van der Waals surface area contributed by atoms with Gasteiger partial charge in [0, 0.05) is 28.5 Å². The van der Waals surface area contributed by atoms with Gasteiger partial charge in [-0.25, -0.2) is 4.68 Å². The van der Waals surface area contributed by atoms with Crippen molar-refractivity contribution in [1.82, 2.24) is 14.8 Å². The molecule has 0 saturated heterocycles. The van der Waals surface area contributed by atoms with E-state index >= 15 is 0 Å². The minimum Gasteiger partial charge on any atom is -0.488 e. The largest absolute Gasteiger partial charge is 0.488 e. The normalized spacial score (nSPS) is 10.7. The molecule has 3 rings (SSSR count). The highest BCUT2D eigenvalue weighted by molar-refractivity contribution is 6.41. The highest BCUT2D eigenvalue weighted by Gasteiger charge is 2.11. The molecule has 5 nitrogen and oxygen atoms in total. The van der Waals surface area contributed by atoms with Crippen LogP contribution < -0.4 is 10.3 Å². The third-order valence-electron chi connectivity index (χ3n) is 3.40. The van der Waals surface area contributed by atoms with Crippen LogP contribution in [0.2, 0.25) is 15.1 Å². The Labute approximate surface area is 158 Å². The van der Waals surface area contributed by atoms with Gasteiger partial charge in [-0.05, 0) is 24.3 Å². The Hall–Kier alpha value is -2.08. The zero-order valence-electron chi connectivity index (χ0n) is 12.8. The van der Waals surface area contributed by atoms with Crippen LogP contribution in [0, 0.1) is 0 Å². The molecular formula is C17H12Cl3N3O2. The SMILES string of the molecule is O=c1c(Cl)c(Cl)cnn1Cc1cc(Cl)ccc1OCc1cccnc1. The minimum absolute atomic E-state index is 0.0727. The van der Waals surface area contributed by atoms with Gasteiger partial charge >= 0.3 is 0 Å². The van der Waals surface area contributed by atoms with E-state index < -0.39 is 5.56 Å². The van der Waals surface area contributed by atoms with Crippen LogP contribution in [-0.4, -0.2) is 14.8 Å². The molecule has 2 heterocycles. The van der Waals surface area contributed by atoms with E-state index in [2.05, 4.69) is 10.1 Å². The van der Waals surface area contributed by atoms with Crippen molar-refractivity contribution in [1.29, 1.82) is 0 Å². The molecule has 0 unspecified atom stereocenters. The van der Waals surface area contributed by atoms with Crippen molar-refractivity contribution in [2.75, 3.05) is 0 Å². The summed E-state index contributed by atoms with van der Waals surface area (Å²) in [5.41, 5.74) is 1.14. The molecule has 0 radical (unpaired) electrons. The van der Waals surface area contributed by atoms with Crippen LogP contribution in [0.1, 0.15) is 11.1 Å². The molecule has 0 aliphatic heterocycles. The number of benzene rings is 1. The Morgan fingerprint density at radius 3 is 2.72 bits per heavy atom. The van der Waals surface area contributed by atoms with Crippen LogP contribution in [-0.2, 0) is 13.2 Å². The van der Waals surface area contributed by atoms with Crippen molar-refractivity contribution in [3.8, 4) is 5.75 Å². The molecule has 2 aromatic heterocycles. The average Bonchev–Trinajstić information content (AvgIpc) is 2.62. The highest BCUT2D eigenvalue weighted by atomic mass is 35.5. The molecule has 0 atom stereocenters. The molecular weight excluding hydrogens is 385 g/mol. The van der Waals surface area contributed by atoms with Gasteiger partial charge in [0.2, 0.25) is 0 Å². The van der Waals surface area contributed by atoms with Crippen molar-refractivity contribution in [3.63, 3.8) is 0 Å². The van der Waals surface area contributed by atoms with Gasteiger partial charge in [0.15, 0.2) is 0 Å². The maximum atomic E-state index is 12.2. The van der Waals surface area contributed by atoms with E-state index in [0.717, 1.165) is 5.56 Å². The second-order valence-corrected chi connectivity index (χ2v) is 6.39. The van der Waals surface area contributed by atoms with Crippen LogP contribution >= 0.6 is 34.8 Å². The summed E-state index contributed by atoms with van der Waals surface area (Å²) in [6.07, 6.45) is 4.74. The summed E-state index contributed by atoms with van der Waals surface area (Å²) in [5.74, 6) is 0.591. The van der Waals surface area contributed by atoms with Crippen molar-refractivity contribution in [2.45, 2.75) is 13.2 Å². The predicted molar refractivity (Wildman–Crippen MR) is 97.6 cm³/mol. The van der Waals surface area contributed by atoms with E-state index in [1.165, 1.54) is 10.9 Å². The van der Waals surface area contributed by atoms with Crippen molar-refractivity contribution < 1.29 is 4.74 Å². The second-order valence-electron chi connectivity index (χ2n) is 5.17. The molecule has 128 valence electrons. The molecule has 0 bridgehead atoms. The van der Waals surface area contributed by atoms with E-state index in [4.69, 9.17) is 39.5 Å². The van der Waals surface area contributed by atoms with Gasteiger partial charge in [-0.15, -0.1) is 0 Å². The molecule has 0 aliphatic rings. The van der Waals surface area contributed by atoms with Gasteiger partial charge in [0.05, 0.1) is 17.8 Å². The first kappa shape index (κ1) is 17.7. The number of hydrogen-bond acceptors (Lipinski definition) is 4. The van der Waals surface area contributed by atoms with Crippen LogP contribution in [0.3, 0.4) is 0 Å². The number of rotatable bonds is 5. The fourth-order valence-electron chi connectivity index (χ4n) is 2.18. The number of aromatic nitrogens is 3. The standard InChI is InChI=1S/C17H12Cl3N3O2/c18-13-3-4-15(25-10-11-2-1-5-21-7-11)12(6-13)9-23-17(24)16(20)14(19)8-22-23/h1-8H,9-10H2. The third kappa shape index (κ3) is 4.31. The molecule has 0 spiro atoms. The molecule has 0 saturated carbocycles. The topological polar surface area (TPSA) is 57.0 Å². The number of nitrogens with zero attached hydrogens (tertiary/aromatic N) is 3. The lowest BCUT2D eigenvalue weighted by Crippen LogP contribution is -2.24. The number of pyridine rings is 1. The van der Waals surface area contributed by atoms with E-state index in [9.17, 15) is 4.79 Å². The molecule has 0 fully saturated rings. The zero-order valence-corrected chi connectivity index (χ0v) is 15.1. The van der Waals surface area contributed by atoms with Gasteiger partial charge in [-0.1, -0.05) is 40.9 Å². The Morgan fingerprint density at radius 2 is 1.96 bits per heavy atom. The number of ether oxygens (including phenoxy) is 1. The van der Waals surface area contributed by atoms with Gasteiger partial charge < -0.3 is 4.74 Å². The van der Waals surface area contributed by atoms with Crippen LogP contribution in [0.15, 0.2) is 53.7 Å². The first-order valence-electron chi connectivity index (χ1n) is 7.26. The molecule has 1 aromatic carbocycles. The summed E-state index contributed by atoms with van der Waals surface area (Å²) in [6, 6.07) is 8.93. The van der Waals surface area contributed by atoms with E-state index in [0.29, 0.717) is 22.9 Å². The summed E-state index contributed by atoms with van der Waals surface area (Å²) in [6.45, 7) is 0.491. The third-order valence-corrected chi connectivity index (χ3v) is 4.39. The van der Waals surface area contributed by atoms with Gasteiger partial charge in [0.25, 0.3) is 5.56 Å². The Bertz CT molecular complexity index is 946. The monoisotopic (exact) mass is 395 g/mol. The van der Waals surface area contributed by atoms with Gasteiger partial charge in [-0.3, -0.25) is 9.78 Å². The molecule has 0 aliphatic carbocycles. The maximum absolute atomic E-state index is 12.2. The van der Waals surface area contributed by atoms with Crippen molar-refractivity contribution >= 4 is 34.8 Å². The van der Waals surface area contributed by atoms with Crippen molar-refractivity contribution in [3.05, 3.63) is 85.5 Å². The van der Waals surface area contributed by atoms with Crippen LogP contribution in [0.25, 0.3) is 0 Å². The van der Waals surface area contributed by atoms with E-state index in [1.807, 2.05) is 12.1 Å². The molecule has 8 heteroatoms. The van der Waals surface area contributed by atoms with Crippen LogP contribution in [0.5, 0.6) is 5.75 Å². The summed E-state index contributed by atoms with van der Waals surface area (Å²) < 4.78 is 7.05. The molecule has 0 amide bonds. The fraction of sp³-hybridized carbons (Fsp3) is 0.118. The fourth-order valence-corrected chi connectivity index (χ4v) is 2.64. The first-order valence-corrected chi connectivity index (χ1v) is 8.39. The summed E-state index contributed by atoms with van der Waals surface area (Å²) in [4.78, 5) is 16.2. The van der Waals surface area contributed by atoms with Crippen LogP contribution in [0.4, 0.5) is 0 Å². The highest BCUT2D eigenvalue weighted by Crippen LogP contribution is 2.25. The first-order chi connectivity index (χ1) is 12.0. The Kier molecular flexibility index (Phi) is 5.58. The van der Waals surface area contributed by atoms with Crippen molar-refractivity contribution in [2.24, 2.45) is 0 Å². The number of halogens is 3. The Morgan fingerprint density at radius 1 is 1.12 bits per heavy atom. The lowest BCUT2D eigenvalue weighted by Gasteiger charge is -2.13. The zero-order chi connectivity index (χ0) is 17.8. The Balaban J connectivity index is 1.87. The summed E-state index contributed by atoms with van der Waals surface area (Å²) in [7, 11) is 0. The molecule has 25 heavy (non-hydrogen) atoms. The quantitative estimate of drug-likeness (QED) is 0.648. The van der Waals surface area contributed by atoms with E-state index in [1.54, 1.807) is 30.6 Å². The summed E-state index contributed by atoms with van der Waals surface area (Å²) >= 11 is 17.8. The lowest BCUT2D eigenvalue weighted by atomic mass is 10.2. The average molecular weight is 397 g/mol. The van der Waals surface area contributed by atoms with E-state index in [-0.39, 0.29) is 16.6 Å². The summed E-state index contributed by atoms with van der Waals surface area (Å²) in [5, 5.41) is 4.57. The number of hydrogen-bond donors (Lipinski definition) is 0. The lowest BCUT2D eigenvalue weighted by molar-refractivity contribution is 0.301. The van der Waals surface area contributed by atoms with Gasteiger partial charge in [0.1, 0.15) is 17.4 Å². The second kappa shape index (κ2) is 7.87. The molecule has 0 N–H and O–H groups in total. The smallest absolute Gasteiger partial charge is 0.287 e. The maximum Gasteiger partial charge on any atom is 0.287 e. The predicted octanol–water partition coefficient (Wildman–Crippen LogP) is 4.23.